The van der Waals surface area contributed by atoms with Crippen LogP contribution in [0.1, 0.15) is 36.8 Å². The summed E-state index contributed by atoms with van der Waals surface area (Å²) < 4.78 is 5.51. The number of amides is 2. The van der Waals surface area contributed by atoms with Crippen molar-refractivity contribution in [1.29, 1.82) is 0 Å². The number of ether oxygens (including phenoxy) is 1. The van der Waals surface area contributed by atoms with E-state index in [0.29, 0.717) is 18.6 Å². The SMILES string of the molecule is CCC(CNC(=O)OCC1c2ccccc2-c2ccccc21)C(=O)N[C@@H](CCSC)C(=O)O. The molecule has 0 bridgehead atoms. The van der Waals surface area contributed by atoms with E-state index < -0.39 is 24.0 Å². The second-order valence-corrected chi connectivity index (χ2v) is 8.98. The molecule has 0 saturated heterocycles. The quantitative estimate of drug-likeness (QED) is 0.460. The van der Waals surface area contributed by atoms with Gasteiger partial charge in [0.05, 0.1) is 5.92 Å². The van der Waals surface area contributed by atoms with Crippen LogP contribution in [0.4, 0.5) is 4.79 Å². The molecular formula is C25H30N2O5S. The van der Waals surface area contributed by atoms with Gasteiger partial charge in [0.25, 0.3) is 0 Å². The smallest absolute Gasteiger partial charge is 0.407 e. The standard InChI is InChI=1S/C25H30N2O5S/c1-3-16(23(28)27-22(24(29)30)12-13-33-2)14-26-25(31)32-15-21-19-10-6-4-8-17(19)18-9-5-7-11-20(18)21/h4-11,16,21-22H,3,12-15H2,1-2H3,(H,26,31)(H,27,28)(H,29,30)/t16?,22-/m0/s1. The van der Waals surface area contributed by atoms with Crippen LogP contribution in [0.3, 0.4) is 0 Å². The molecule has 2 atom stereocenters. The minimum absolute atomic E-state index is 0.0406. The molecule has 8 heteroatoms. The number of benzene rings is 2. The van der Waals surface area contributed by atoms with Crippen LogP contribution in [0.2, 0.25) is 0 Å². The van der Waals surface area contributed by atoms with Gasteiger partial charge in [-0.3, -0.25) is 4.79 Å². The third-order valence-electron chi connectivity index (χ3n) is 5.93. The van der Waals surface area contributed by atoms with Crippen LogP contribution in [-0.4, -0.2) is 54.3 Å². The highest BCUT2D eigenvalue weighted by Gasteiger charge is 2.29. The molecule has 1 aliphatic carbocycles. The van der Waals surface area contributed by atoms with E-state index in [0.717, 1.165) is 22.3 Å². The number of aliphatic carboxylic acids is 1. The summed E-state index contributed by atoms with van der Waals surface area (Å²) in [5.74, 6) is -1.39. The Labute approximate surface area is 198 Å². The van der Waals surface area contributed by atoms with Crippen LogP contribution in [-0.2, 0) is 14.3 Å². The highest BCUT2D eigenvalue weighted by Crippen LogP contribution is 2.44. The maximum Gasteiger partial charge on any atom is 0.407 e. The molecular weight excluding hydrogens is 440 g/mol. The first kappa shape index (κ1) is 24.6. The lowest BCUT2D eigenvalue weighted by Gasteiger charge is -2.20. The first-order valence-electron chi connectivity index (χ1n) is 11.1. The molecule has 0 spiro atoms. The number of alkyl carbamates (subject to hydrolysis) is 1. The summed E-state index contributed by atoms with van der Waals surface area (Å²) in [6.45, 7) is 2.09. The van der Waals surface area contributed by atoms with Gasteiger partial charge in [0, 0.05) is 12.5 Å². The van der Waals surface area contributed by atoms with Gasteiger partial charge in [-0.05, 0) is 47.1 Å². The van der Waals surface area contributed by atoms with Gasteiger partial charge in [0.2, 0.25) is 5.91 Å². The summed E-state index contributed by atoms with van der Waals surface area (Å²) in [5, 5.41) is 14.6. The Balaban J connectivity index is 1.53. The summed E-state index contributed by atoms with van der Waals surface area (Å²) in [4.78, 5) is 36.3. The van der Waals surface area contributed by atoms with Crippen molar-refractivity contribution in [1.82, 2.24) is 10.6 Å². The van der Waals surface area contributed by atoms with Crippen LogP contribution in [0.25, 0.3) is 11.1 Å². The molecule has 7 nitrogen and oxygen atoms in total. The van der Waals surface area contributed by atoms with Crippen molar-refractivity contribution < 1.29 is 24.2 Å². The van der Waals surface area contributed by atoms with Gasteiger partial charge in [-0.1, -0.05) is 55.5 Å². The van der Waals surface area contributed by atoms with Crippen LogP contribution in [0, 0.1) is 5.92 Å². The number of rotatable bonds is 11. The molecule has 0 aromatic heterocycles. The molecule has 3 rings (SSSR count). The Hall–Kier alpha value is -3.00. The average Bonchev–Trinajstić information content (AvgIpc) is 3.14. The van der Waals surface area contributed by atoms with E-state index in [2.05, 4.69) is 34.9 Å². The minimum atomic E-state index is -1.06. The largest absolute Gasteiger partial charge is 0.480 e. The van der Waals surface area contributed by atoms with Gasteiger partial charge < -0.3 is 20.5 Å². The highest BCUT2D eigenvalue weighted by molar-refractivity contribution is 7.98. The normalized spacial score (nSPS) is 14.0. The third kappa shape index (κ3) is 6.07. The van der Waals surface area contributed by atoms with Gasteiger partial charge in [0.1, 0.15) is 12.6 Å². The Kier molecular flexibility index (Phi) is 8.77. The number of carbonyl (C=O) groups excluding carboxylic acids is 2. The Bertz CT molecular complexity index is 951. The van der Waals surface area contributed by atoms with E-state index >= 15 is 0 Å². The Morgan fingerprint density at radius 3 is 2.21 bits per heavy atom. The number of nitrogens with one attached hydrogen (secondary N) is 2. The van der Waals surface area contributed by atoms with Crippen molar-refractivity contribution in [2.45, 2.75) is 31.7 Å². The molecule has 0 radical (unpaired) electrons. The highest BCUT2D eigenvalue weighted by atomic mass is 32.2. The predicted molar refractivity (Wildman–Crippen MR) is 129 cm³/mol. The number of carboxylic acids is 1. The van der Waals surface area contributed by atoms with Crippen molar-refractivity contribution in [3.05, 3.63) is 59.7 Å². The van der Waals surface area contributed by atoms with E-state index in [-0.39, 0.29) is 25.0 Å². The Morgan fingerprint density at radius 1 is 1.06 bits per heavy atom. The number of carbonyl (C=O) groups is 3. The maximum absolute atomic E-state index is 12.5. The molecule has 2 amide bonds. The van der Waals surface area contributed by atoms with Gasteiger partial charge in [-0.2, -0.15) is 11.8 Å². The summed E-state index contributed by atoms with van der Waals surface area (Å²) >= 11 is 1.52. The molecule has 0 fully saturated rings. The summed E-state index contributed by atoms with van der Waals surface area (Å²) in [7, 11) is 0. The zero-order chi connectivity index (χ0) is 23.8. The minimum Gasteiger partial charge on any atom is -0.480 e. The first-order chi connectivity index (χ1) is 16.0. The number of hydrogen-bond acceptors (Lipinski definition) is 5. The zero-order valence-electron chi connectivity index (χ0n) is 18.9. The van der Waals surface area contributed by atoms with Crippen molar-refractivity contribution >= 4 is 29.7 Å². The van der Waals surface area contributed by atoms with Gasteiger partial charge >= 0.3 is 12.1 Å². The Morgan fingerprint density at radius 2 is 1.67 bits per heavy atom. The molecule has 1 unspecified atom stereocenters. The molecule has 3 N–H and O–H groups in total. The summed E-state index contributed by atoms with van der Waals surface area (Å²) in [6, 6.07) is 15.3. The number of thioether (sulfide) groups is 1. The monoisotopic (exact) mass is 470 g/mol. The van der Waals surface area contributed by atoms with E-state index in [1.807, 2.05) is 37.4 Å². The number of hydrogen-bond donors (Lipinski definition) is 3. The maximum atomic E-state index is 12.5. The molecule has 2 aromatic rings. The van der Waals surface area contributed by atoms with Crippen LogP contribution in [0.15, 0.2) is 48.5 Å². The third-order valence-corrected chi connectivity index (χ3v) is 6.57. The topological polar surface area (TPSA) is 105 Å². The van der Waals surface area contributed by atoms with E-state index in [1.54, 1.807) is 0 Å². The molecule has 0 aliphatic heterocycles. The first-order valence-corrected chi connectivity index (χ1v) is 12.5. The fourth-order valence-corrected chi connectivity index (χ4v) is 4.53. The molecule has 33 heavy (non-hydrogen) atoms. The summed E-state index contributed by atoms with van der Waals surface area (Å²) in [5.41, 5.74) is 4.56. The molecule has 0 heterocycles. The zero-order valence-corrected chi connectivity index (χ0v) is 19.7. The fraction of sp³-hybridized carbons (Fsp3) is 0.400. The van der Waals surface area contributed by atoms with Crippen LogP contribution < -0.4 is 10.6 Å². The second kappa shape index (κ2) is 11.7. The number of carboxylic acid groups (broad SMARTS) is 1. The van der Waals surface area contributed by atoms with E-state index in [9.17, 15) is 19.5 Å². The van der Waals surface area contributed by atoms with Crippen LogP contribution >= 0.6 is 11.8 Å². The van der Waals surface area contributed by atoms with Crippen molar-refractivity contribution in [2.24, 2.45) is 5.92 Å². The lowest BCUT2D eigenvalue weighted by molar-refractivity contribution is -0.142. The fourth-order valence-electron chi connectivity index (χ4n) is 4.06. The van der Waals surface area contributed by atoms with Crippen molar-refractivity contribution in [3.63, 3.8) is 0 Å². The second-order valence-electron chi connectivity index (χ2n) is 7.99. The average molecular weight is 471 g/mol. The van der Waals surface area contributed by atoms with Crippen molar-refractivity contribution in [2.75, 3.05) is 25.2 Å². The van der Waals surface area contributed by atoms with Gasteiger partial charge in [0.15, 0.2) is 0 Å². The molecule has 2 aromatic carbocycles. The lowest BCUT2D eigenvalue weighted by atomic mass is 9.98. The van der Waals surface area contributed by atoms with Gasteiger partial charge in [-0.15, -0.1) is 0 Å². The summed E-state index contributed by atoms with van der Waals surface area (Å²) in [6.07, 6.45) is 2.09. The number of fused-ring (bicyclic) bond motifs is 3. The van der Waals surface area contributed by atoms with Gasteiger partial charge in [-0.25, -0.2) is 9.59 Å². The molecule has 0 saturated carbocycles. The van der Waals surface area contributed by atoms with Crippen LogP contribution in [0.5, 0.6) is 0 Å². The lowest BCUT2D eigenvalue weighted by Crippen LogP contribution is -2.46. The van der Waals surface area contributed by atoms with E-state index in [1.165, 1.54) is 11.8 Å². The molecule has 1 aliphatic rings. The predicted octanol–water partition coefficient (Wildman–Crippen LogP) is 3.87. The molecule has 176 valence electrons. The van der Waals surface area contributed by atoms with E-state index in [4.69, 9.17) is 4.74 Å². The van der Waals surface area contributed by atoms with Crippen molar-refractivity contribution in [3.8, 4) is 11.1 Å².